The zero-order chi connectivity index (χ0) is 9.38. The molecule has 0 N–H and O–H groups in total. The second-order valence-electron chi connectivity index (χ2n) is 2.86. The maximum atomic E-state index is 4.11. The highest BCUT2D eigenvalue weighted by atomic mass is 32.1. The molecule has 5 heteroatoms. The molecule has 0 aliphatic carbocycles. The molecule has 3 aromatic heterocycles. The van der Waals surface area contributed by atoms with Gasteiger partial charge in [0.25, 0.3) is 0 Å². The summed E-state index contributed by atoms with van der Waals surface area (Å²) in [4.78, 5) is 0. The Morgan fingerprint density at radius 1 is 1.29 bits per heavy atom. The van der Waals surface area contributed by atoms with Crippen LogP contribution in [0.3, 0.4) is 0 Å². The van der Waals surface area contributed by atoms with Gasteiger partial charge in [0.05, 0.1) is 0 Å². The maximum absolute atomic E-state index is 4.11. The molecule has 14 heavy (non-hydrogen) atoms. The van der Waals surface area contributed by atoms with E-state index in [1.807, 2.05) is 11.4 Å². The zero-order valence-corrected chi connectivity index (χ0v) is 7.98. The van der Waals surface area contributed by atoms with Gasteiger partial charge >= 0.3 is 0 Å². The van der Waals surface area contributed by atoms with E-state index in [-0.39, 0.29) is 0 Å². The lowest BCUT2D eigenvalue weighted by Gasteiger charge is -1.97. The molecule has 0 saturated heterocycles. The van der Waals surface area contributed by atoms with E-state index in [4.69, 9.17) is 0 Å². The van der Waals surface area contributed by atoms with Crippen LogP contribution in [-0.4, -0.2) is 19.8 Å². The summed E-state index contributed by atoms with van der Waals surface area (Å²) >= 11 is 1.67. The van der Waals surface area contributed by atoms with Gasteiger partial charge < -0.3 is 0 Å². The van der Waals surface area contributed by atoms with Crippen molar-refractivity contribution in [2.45, 2.75) is 0 Å². The summed E-state index contributed by atoms with van der Waals surface area (Å²) in [7, 11) is 0. The van der Waals surface area contributed by atoms with Crippen LogP contribution in [0.1, 0.15) is 0 Å². The molecule has 0 spiro atoms. The molecule has 0 aromatic carbocycles. The number of fused-ring (bicyclic) bond motifs is 1. The van der Waals surface area contributed by atoms with Crippen LogP contribution < -0.4 is 0 Å². The van der Waals surface area contributed by atoms with E-state index in [0.29, 0.717) is 0 Å². The topological polar surface area (TPSA) is 43.1 Å². The lowest BCUT2D eigenvalue weighted by atomic mass is 10.2. The molecular formula is C9H6N4S. The molecule has 0 unspecified atom stereocenters. The minimum Gasteiger partial charge on any atom is -0.200 e. The van der Waals surface area contributed by atoms with Crippen LogP contribution in [0.4, 0.5) is 0 Å². The summed E-state index contributed by atoms with van der Waals surface area (Å²) in [5.74, 6) is 0. The van der Waals surface area contributed by atoms with Crippen molar-refractivity contribution in [1.29, 1.82) is 0 Å². The highest BCUT2D eigenvalue weighted by Gasteiger charge is 2.05. The highest BCUT2D eigenvalue weighted by molar-refractivity contribution is 7.08. The Bertz CT molecular complexity index is 555. The fraction of sp³-hybridized carbons (Fsp3) is 0. The molecule has 0 saturated carbocycles. The largest absolute Gasteiger partial charge is 0.200 e. The molecule has 0 atom stereocenters. The van der Waals surface area contributed by atoms with Gasteiger partial charge in [0.1, 0.15) is 6.33 Å². The van der Waals surface area contributed by atoms with Gasteiger partial charge in [0, 0.05) is 11.8 Å². The Kier molecular flexibility index (Phi) is 1.57. The average Bonchev–Trinajstić information content (AvgIpc) is 2.88. The minimum absolute atomic E-state index is 0.797. The number of hydrogen-bond donors (Lipinski definition) is 0. The first-order valence-electron chi connectivity index (χ1n) is 4.13. The van der Waals surface area contributed by atoms with E-state index in [1.165, 1.54) is 0 Å². The van der Waals surface area contributed by atoms with Crippen molar-refractivity contribution in [3.8, 4) is 11.1 Å². The van der Waals surface area contributed by atoms with Crippen molar-refractivity contribution >= 4 is 17.0 Å². The van der Waals surface area contributed by atoms with Crippen LogP contribution in [0.2, 0.25) is 0 Å². The molecule has 0 radical (unpaired) electrons. The maximum Gasteiger partial charge on any atom is 0.185 e. The molecule has 3 aromatic rings. The van der Waals surface area contributed by atoms with Crippen LogP contribution in [-0.2, 0) is 0 Å². The van der Waals surface area contributed by atoms with E-state index in [9.17, 15) is 0 Å². The van der Waals surface area contributed by atoms with E-state index in [0.717, 1.165) is 16.8 Å². The van der Waals surface area contributed by atoms with Crippen molar-refractivity contribution in [2.75, 3.05) is 0 Å². The normalized spacial score (nSPS) is 10.9. The fourth-order valence-corrected chi connectivity index (χ4v) is 2.04. The number of nitrogens with zero attached hydrogens (tertiary/aromatic N) is 4. The molecule has 0 aliphatic heterocycles. The van der Waals surface area contributed by atoms with Crippen LogP contribution in [0.5, 0.6) is 0 Å². The predicted molar refractivity (Wildman–Crippen MR) is 54.1 cm³/mol. The first-order valence-corrected chi connectivity index (χ1v) is 5.07. The third-order valence-electron chi connectivity index (χ3n) is 2.04. The molecule has 0 fully saturated rings. The van der Waals surface area contributed by atoms with Gasteiger partial charge in [0.2, 0.25) is 0 Å². The van der Waals surface area contributed by atoms with Crippen molar-refractivity contribution in [3.63, 3.8) is 0 Å². The molecule has 3 heterocycles. The third kappa shape index (κ3) is 1.03. The Labute approximate surface area is 83.8 Å². The summed E-state index contributed by atoms with van der Waals surface area (Å²) in [5.41, 5.74) is 3.03. The molecular weight excluding hydrogens is 196 g/mol. The molecule has 68 valence electrons. The van der Waals surface area contributed by atoms with Gasteiger partial charge in [-0.2, -0.15) is 21.0 Å². The fourth-order valence-electron chi connectivity index (χ4n) is 1.39. The Morgan fingerprint density at radius 2 is 2.29 bits per heavy atom. The molecule has 0 aliphatic rings. The second kappa shape index (κ2) is 2.88. The van der Waals surface area contributed by atoms with E-state index >= 15 is 0 Å². The van der Waals surface area contributed by atoms with Crippen LogP contribution in [0, 0.1) is 0 Å². The monoisotopic (exact) mass is 202 g/mol. The highest BCUT2D eigenvalue weighted by Crippen LogP contribution is 2.24. The van der Waals surface area contributed by atoms with E-state index in [2.05, 4.69) is 26.7 Å². The Hall–Kier alpha value is -1.75. The summed E-state index contributed by atoms with van der Waals surface area (Å²) in [6, 6.07) is 4.01. The number of thiophene rings is 1. The van der Waals surface area contributed by atoms with Crippen molar-refractivity contribution < 1.29 is 0 Å². The SMILES string of the molecule is c1cc(-c2ccsc2)c2nncn2n1. The van der Waals surface area contributed by atoms with Crippen LogP contribution >= 0.6 is 11.3 Å². The van der Waals surface area contributed by atoms with Gasteiger partial charge in [-0.3, -0.25) is 0 Å². The first-order chi connectivity index (χ1) is 6.95. The lowest BCUT2D eigenvalue weighted by Crippen LogP contribution is -1.90. The average molecular weight is 202 g/mol. The number of rotatable bonds is 1. The third-order valence-corrected chi connectivity index (χ3v) is 2.72. The Balaban J connectivity index is 2.36. The number of aromatic nitrogens is 4. The van der Waals surface area contributed by atoms with Gasteiger partial charge in [-0.05, 0) is 28.5 Å². The lowest BCUT2D eigenvalue weighted by molar-refractivity contribution is 0.927. The van der Waals surface area contributed by atoms with Crippen molar-refractivity contribution in [3.05, 3.63) is 35.4 Å². The molecule has 4 nitrogen and oxygen atoms in total. The zero-order valence-electron chi connectivity index (χ0n) is 7.16. The smallest absolute Gasteiger partial charge is 0.185 e. The minimum atomic E-state index is 0.797. The van der Waals surface area contributed by atoms with Crippen LogP contribution in [0.25, 0.3) is 16.8 Å². The second-order valence-corrected chi connectivity index (χ2v) is 3.64. The number of hydrogen-bond acceptors (Lipinski definition) is 4. The summed E-state index contributed by atoms with van der Waals surface area (Å²) in [5, 5.41) is 16.1. The molecule has 3 rings (SSSR count). The van der Waals surface area contributed by atoms with Gasteiger partial charge in [0.15, 0.2) is 5.65 Å². The first kappa shape index (κ1) is 7.64. The van der Waals surface area contributed by atoms with Gasteiger partial charge in [-0.15, -0.1) is 10.2 Å². The molecule has 0 amide bonds. The van der Waals surface area contributed by atoms with Crippen LogP contribution in [0.15, 0.2) is 35.4 Å². The van der Waals surface area contributed by atoms with Crippen molar-refractivity contribution in [1.82, 2.24) is 19.8 Å². The standard InChI is InChI=1S/C9H6N4S/c1-3-11-13-6-10-12-9(13)8(1)7-2-4-14-5-7/h1-6H. The predicted octanol–water partition coefficient (Wildman–Crippen LogP) is 1.85. The molecule has 0 bridgehead atoms. The Morgan fingerprint density at radius 3 is 3.14 bits per heavy atom. The summed E-state index contributed by atoms with van der Waals surface area (Å²) < 4.78 is 1.67. The van der Waals surface area contributed by atoms with E-state index in [1.54, 1.807) is 28.4 Å². The van der Waals surface area contributed by atoms with Crippen molar-refractivity contribution in [2.24, 2.45) is 0 Å². The summed E-state index contributed by atoms with van der Waals surface area (Å²) in [6.45, 7) is 0. The summed E-state index contributed by atoms with van der Waals surface area (Å²) in [6.07, 6.45) is 3.36. The van der Waals surface area contributed by atoms with Gasteiger partial charge in [-0.1, -0.05) is 0 Å². The quantitative estimate of drug-likeness (QED) is 0.604. The van der Waals surface area contributed by atoms with E-state index < -0.39 is 0 Å². The van der Waals surface area contributed by atoms with Gasteiger partial charge in [-0.25, -0.2) is 0 Å².